The minimum Gasteiger partial charge on any atom is -0.494 e. The van der Waals surface area contributed by atoms with Crippen LogP contribution in [0.25, 0.3) is 11.4 Å². The standard InChI is InChI=1S/C22H21FN8O3/c1-4-7-31-11-25-20(30-31)14-8-13(23)9-16(19(14)34-3)26-15-10-17(27-21(32)12-5-6-12)28-29-18(15)22(33)24-2/h1,8-12H,5-7H2,2-3H3,(H,24,33)(H2,26,27,28,32)/i2D3. The molecule has 0 aliphatic heterocycles. The lowest BCUT2D eigenvalue weighted by molar-refractivity contribution is -0.117. The number of anilines is 3. The molecule has 4 rings (SSSR count). The molecule has 34 heavy (non-hydrogen) atoms. The lowest BCUT2D eigenvalue weighted by atomic mass is 10.1. The van der Waals surface area contributed by atoms with Crippen molar-refractivity contribution in [3.63, 3.8) is 0 Å². The van der Waals surface area contributed by atoms with E-state index in [2.05, 4.69) is 36.8 Å². The molecule has 11 nitrogen and oxygen atoms in total. The molecule has 12 heteroatoms. The van der Waals surface area contributed by atoms with E-state index < -0.39 is 24.4 Å². The highest BCUT2D eigenvalue weighted by atomic mass is 19.1. The number of ether oxygens (including phenoxy) is 1. The summed E-state index contributed by atoms with van der Waals surface area (Å²) in [6, 6.07) is 3.54. The van der Waals surface area contributed by atoms with E-state index >= 15 is 0 Å². The van der Waals surface area contributed by atoms with E-state index in [1.165, 1.54) is 24.2 Å². The maximum atomic E-state index is 14.7. The van der Waals surface area contributed by atoms with Gasteiger partial charge in [0.2, 0.25) is 5.91 Å². The molecule has 0 bridgehead atoms. The molecule has 0 atom stereocenters. The molecule has 3 aromatic rings. The second kappa shape index (κ2) is 9.53. The number of carbonyl (C=O) groups is 2. The van der Waals surface area contributed by atoms with Gasteiger partial charge in [0.25, 0.3) is 5.91 Å². The van der Waals surface area contributed by atoms with E-state index in [4.69, 9.17) is 15.3 Å². The van der Waals surface area contributed by atoms with Gasteiger partial charge in [-0.2, -0.15) is 0 Å². The molecule has 174 valence electrons. The zero-order valence-electron chi connectivity index (χ0n) is 20.9. The largest absolute Gasteiger partial charge is 0.494 e. The maximum absolute atomic E-state index is 14.7. The summed E-state index contributed by atoms with van der Waals surface area (Å²) in [6.07, 6.45) is 8.18. The number of hydrogen-bond donors (Lipinski definition) is 3. The number of rotatable bonds is 8. The SMILES string of the molecule is [2H]C([2H])([2H])NC(=O)c1nnc(NC(=O)C2CC2)cc1Nc1cc(F)cc(-c2ncn(CC#C)n2)c1OC. The summed E-state index contributed by atoms with van der Waals surface area (Å²) in [4.78, 5) is 29.0. The third-order valence-corrected chi connectivity index (χ3v) is 4.88. The molecule has 0 spiro atoms. The van der Waals surface area contributed by atoms with Crippen molar-refractivity contribution in [3.8, 4) is 29.5 Å². The Morgan fingerprint density at radius 2 is 2.15 bits per heavy atom. The number of methoxy groups -OCH3 is 1. The Kier molecular flexibility index (Phi) is 5.32. The second-order valence-electron chi connectivity index (χ2n) is 7.34. The third-order valence-electron chi connectivity index (χ3n) is 4.88. The van der Waals surface area contributed by atoms with Gasteiger partial charge in [-0.05, 0) is 18.9 Å². The highest BCUT2D eigenvalue weighted by molar-refractivity contribution is 6.00. The first-order valence-corrected chi connectivity index (χ1v) is 10.1. The number of carbonyl (C=O) groups excluding carboxylic acids is 2. The van der Waals surface area contributed by atoms with Crippen LogP contribution in [0.5, 0.6) is 5.75 Å². The van der Waals surface area contributed by atoms with Crippen LogP contribution in [0.15, 0.2) is 24.5 Å². The zero-order chi connectivity index (χ0) is 26.7. The first kappa shape index (κ1) is 19.0. The van der Waals surface area contributed by atoms with Gasteiger partial charge in [0.15, 0.2) is 23.1 Å². The fourth-order valence-electron chi connectivity index (χ4n) is 3.15. The Labute approximate surface area is 198 Å². The summed E-state index contributed by atoms with van der Waals surface area (Å²) in [7, 11) is 1.34. The lowest BCUT2D eigenvalue weighted by Crippen LogP contribution is -2.22. The molecule has 1 saturated carbocycles. The number of nitrogens with one attached hydrogen (secondary N) is 3. The Hall–Kier alpha value is -4.53. The summed E-state index contributed by atoms with van der Waals surface area (Å²) in [5.41, 5.74) is -0.256. The van der Waals surface area contributed by atoms with Crippen LogP contribution in [0.4, 0.5) is 21.6 Å². The molecular formula is C22H21FN8O3. The Bertz CT molecular complexity index is 1400. The number of halogens is 1. The normalized spacial score (nSPS) is 14.2. The number of amides is 2. The second-order valence-corrected chi connectivity index (χ2v) is 7.34. The van der Waals surface area contributed by atoms with Crippen LogP contribution in [0.1, 0.15) is 27.4 Å². The summed E-state index contributed by atoms with van der Waals surface area (Å²) >= 11 is 0. The van der Waals surface area contributed by atoms with Crippen molar-refractivity contribution in [3.05, 3.63) is 36.0 Å². The molecule has 0 unspecified atom stereocenters. The highest BCUT2D eigenvalue weighted by Gasteiger charge is 2.30. The van der Waals surface area contributed by atoms with Crippen LogP contribution < -0.4 is 20.7 Å². The molecule has 0 saturated heterocycles. The quantitative estimate of drug-likeness (QED) is 0.428. The first-order valence-electron chi connectivity index (χ1n) is 11.6. The van der Waals surface area contributed by atoms with Crippen molar-refractivity contribution in [2.75, 3.05) is 24.7 Å². The lowest BCUT2D eigenvalue weighted by Gasteiger charge is -2.16. The van der Waals surface area contributed by atoms with Gasteiger partial charge in [0.05, 0.1) is 24.0 Å². The van der Waals surface area contributed by atoms with Crippen molar-refractivity contribution >= 4 is 29.0 Å². The number of terminal acetylenes is 1. The monoisotopic (exact) mass is 467 g/mol. The molecule has 0 radical (unpaired) electrons. The predicted octanol–water partition coefficient (Wildman–Crippen LogP) is 1.97. The highest BCUT2D eigenvalue weighted by Crippen LogP contribution is 2.38. The minimum absolute atomic E-state index is 0.00937. The smallest absolute Gasteiger partial charge is 0.273 e. The summed E-state index contributed by atoms with van der Waals surface area (Å²) in [6.45, 7) is -2.66. The molecule has 2 aromatic heterocycles. The van der Waals surface area contributed by atoms with Crippen LogP contribution in [0.2, 0.25) is 0 Å². The molecule has 1 aliphatic carbocycles. The number of benzene rings is 1. The third kappa shape index (κ3) is 4.78. The zero-order valence-corrected chi connectivity index (χ0v) is 17.9. The molecule has 1 aliphatic rings. The van der Waals surface area contributed by atoms with Gasteiger partial charge >= 0.3 is 0 Å². The van der Waals surface area contributed by atoms with Crippen molar-refractivity contribution in [2.45, 2.75) is 19.4 Å². The fraction of sp³-hybridized carbons (Fsp3) is 0.273. The topological polar surface area (TPSA) is 136 Å². The van der Waals surface area contributed by atoms with Gasteiger partial charge in [0.1, 0.15) is 18.7 Å². The van der Waals surface area contributed by atoms with Crippen molar-refractivity contribution in [1.29, 1.82) is 0 Å². The van der Waals surface area contributed by atoms with Crippen LogP contribution in [-0.4, -0.2) is 50.9 Å². The van der Waals surface area contributed by atoms with E-state index in [0.717, 1.165) is 25.0 Å². The van der Waals surface area contributed by atoms with Crippen LogP contribution in [-0.2, 0) is 11.3 Å². The maximum Gasteiger partial charge on any atom is 0.273 e. The van der Waals surface area contributed by atoms with Gasteiger partial charge in [-0.15, -0.1) is 21.7 Å². The van der Waals surface area contributed by atoms with E-state index in [9.17, 15) is 14.0 Å². The molecule has 3 N–H and O–H groups in total. The van der Waals surface area contributed by atoms with Gasteiger partial charge in [-0.3, -0.25) is 9.59 Å². The van der Waals surface area contributed by atoms with Crippen LogP contribution in [0, 0.1) is 24.1 Å². The van der Waals surface area contributed by atoms with Gasteiger partial charge in [-0.25, -0.2) is 14.1 Å². The molecule has 2 heterocycles. The first-order chi connectivity index (χ1) is 17.6. The van der Waals surface area contributed by atoms with Gasteiger partial charge in [-0.1, -0.05) is 5.92 Å². The average Bonchev–Trinajstić information content (AvgIpc) is 3.57. The fourth-order valence-corrected chi connectivity index (χ4v) is 3.15. The average molecular weight is 467 g/mol. The number of hydrogen-bond acceptors (Lipinski definition) is 8. The van der Waals surface area contributed by atoms with Crippen molar-refractivity contribution < 1.29 is 22.8 Å². The van der Waals surface area contributed by atoms with Crippen LogP contribution in [0.3, 0.4) is 0 Å². The Balaban J connectivity index is 1.75. The number of aromatic nitrogens is 5. The number of nitrogens with zero attached hydrogens (tertiary/aromatic N) is 5. The summed E-state index contributed by atoms with van der Waals surface area (Å²) in [5.74, 6) is 0.506. The summed E-state index contributed by atoms with van der Waals surface area (Å²) < 4.78 is 43.5. The molecule has 1 aromatic carbocycles. The minimum atomic E-state index is -2.80. The van der Waals surface area contributed by atoms with Crippen molar-refractivity contribution in [2.24, 2.45) is 5.92 Å². The van der Waals surface area contributed by atoms with Gasteiger partial charge < -0.3 is 20.7 Å². The van der Waals surface area contributed by atoms with E-state index in [1.54, 1.807) is 0 Å². The van der Waals surface area contributed by atoms with E-state index in [-0.39, 0.29) is 52.7 Å². The molecule has 1 fully saturated rings. The van der Waals surface area contributed by atoms with Crippen LogP contribution >= 0.6 is 0 Å². The van der Waals surface area contributed by atoms with Crippen molar-refractivity contribution in [1.82, 2.24) is 30.3 Å². The van der Waals surface area contributed by atoms with E-state index in [1.807, 2.05) is 5.32 Å². The molecule has 2 amide bonds. The molecular weight excluding hydrogens is 443 g/mol. The van der Waals surface area contributed by atoms with E-state index in [0.29, 0.717) is 0 Å². The summed E-state index contributed by atoms with van der Waals surface area (Å²) in [5, 5.41) is 19.1. The Morgan fingerprint density at radius 3 is 2.85 bits per heavy atom. The Morgan fingerprint density at radius 1 is 1.32 bits per heavy atom. The van der Waals surface area contributed by atoms with Gasteiger partial charge in [0, 0.05) is 29.1 Å². The predicted molar refractivity (Wildman–Crippen MR) is 121 cm³/mol.